The average Bonchev–Trinajstić information content (AvgIpc) is 3.11. The van der Waals surface area contributed by atoms with Gasteiger partial charge in [-0.15, -0.1) is 0 Å². The number of amides is 1. The number of anilines is 1. The van der Waals surface area contributed by atoms with E-state index in [9.17, 15) is 18.3 Å². The zero-order valence-electron chi connectivity index (χ0n) is 16.5. The molecule has 2 aromatic carbocycles. The number of ether oxygens (including phenoxy) is 1. The van der Waals surface area contributed by atoms with Gasteiger partial charge in [-0.3, -0.25) is 9.52 Å². The van der Waals surface area contributed by atoms with Crippen molar-refractivity contribution in [3.63, 3.8) is 0 Å². The fourth-order valence-corrected chi connectivity index (χ4v) is 4.88. The van der Waals surface area contributed by atoms with Gasteiger partial charge in [-0.2, -0.15) is 0 Å². The lowest BCUT2D eigenvalue weighted by Gasteiger charge is -2.16. The maximum absolute atomic E-state index is 12.9. The molecular formula is C21H26N2O5S. The number of rotatable bonds is 7. The first-order valence-corrected chi connectivity index (χ1v) is 11.0. The summed E-state index contributed by atoms with van der Waals surface area (Å²) in [6, 6.07) is 11.3. The number of benzene rings is 2. The number of aryl methyl sites for hydroxylation is 1. The average molecular weight is 419 g/mol. The fourth-order valence-electron chi connectivity index (χ4n) is 3.54. The highest BCUT2D eigenvalue weighted by atomic mass is 32.2. The van der Waals surface area contributed by atoms with Crippen molar-refractivity contribution in [2.45, 2.75) is 37.2 Å². The van der Waals surface area contributed by atoms with Crippen molar-refractivity contribution in [2.75, 3.05) is 18.4 Å². The third-order valence-electron chi connectivity index (χ3n) is 5.23. The maximum atomic E-state index is 12.9. The summed E-state index contributed by atoms with van der Waals surface area (Å²) < 4.78 is 33.6. The number of hydrogen-bond acceptors (Lipinski definition) is 5. The fraction of sp³-hybridized carbons (Fsp3) is 0.381. The molecule has 0 unspecified atom stereocenters. The number of carbonyl (C=O) groups is 1. The van der Waals surface area contributed by atoms with Crippen molar-refractivity contribution in [2.24, 2.45) is 5.92 Å². The number of methoxy groups -OCH3 is 1. The van der Waals surface area contributed by atoms with Crippen LogP contribution in [0.1, 0.15) is 35.2 Å². The van der Waals surface area contributed by atoms with Gasteiger partial charge in [0, 0.05) is 18.0 Å². The van der Waals surface area contributed by atoms with Gasteiger partial charge in [0.1, 0.15) is 5.75 Å². The van der Waals surface area contributed by atoms with Crippen molar-refractivity contribution in [1.82, 2.24) is 5.32 Å². The molecular weight excluding hydrogens is 392 g/mol. The summed E-state index contributed by atoms with van der Waals surface area (Å²) >= 11 is 0. The number of hydrogen-bond donors (Lipinski definition) is 3. The molecule has 0 aliphatic heterocycles. The Morgan fingerprint density at radius 3 is 2.66 bits per heavy atom. The van der Waals surface area contributed by atoms with Gasteiger partial charge in [0.05, 0.1) is 23.8 Å². The molecule has 29 heavy (non-hydrogen) atoms. The monoisotopic (exact) mass is 418 g/mol. The zero-order valence-corrected chi connectivity index (χ0v) is 17.3. The minimum atomic E-state index is -3.92. The number of nitrogens with one attached hydrogen (secondary N) is 2. The van der Waals surface area contributed by atoms with E-state index < -0.39 is 16.1 Å². The normalized spacial score (nSPS) is 19.0. The number of aliphatic hydroxyl groups is 1. The minimum absolute atomic E-state index is 0.0250. The Morgan fingerprint density at radius 1 is 1.21 bits per heavy atom. The van der Waals surface area contributed by atoms with E-state index in [4.69, 9.17) is 4.74 Å². The molecule has 1 aliphatic rings. The smallest absolute Gasteiger partial charge is 0.262 e. The van der Waals surface area contributed by atoms with Crippen LogP contribution in [0, 0.1) is 12.8 Å². The minimum Gasteiger partial charge on any atom is -0.495 e. The number of para-hydroxylation sites is 2. The molecule has 1 fully saturated rings. The predicted molar refractivity (Wildman–Crippen MR) is 111 cm³/mol. The van der Waals surface area contributed by atoms with Gasteiger partial charge < -0.3 is 15.2 Å². The lowest BCUT2D eigenvalue weighted by Crippen LogP contribution is -2.32. The van der Waals surface area contributed by atoms with Gasteiger partial charge >= 0.3 is 0 Å². The van der Waals surface area contributed by atoms with Crippen LogP contribution in [-0.2, 0) is 10.0 Å². The molecule has 2 atom stereocenters. The quantitative estimate of drug-likeness (QED) is 0.641. The van der Waals surface area contributed by atoms with E-state index in [1.165, 1.54) is 13.2 Å². The van der Waals surface area contributed by atoms with Gasteiger partial charge in [-0.1, -0.05) is 24.6 Å². The van der Waals surface area contributed by atoms with Crippen LogP contribution in [0.2, 0.25) is 0 Å². The summed E-state index contributed by atoms with van der Waals surface area (Å²) in [4.78, 5) is 12.6. The summed E-state index contributed by atoms with van der Waals surface area (Å²) in [5, 5.41) is 12.7. The zero-order chi connectivity index (χ0) is 21.0. The van der Waals surface area contributed by atoms with Crippen molar-refractivity contribution in [1.29, 1.82) is 0 Å². The molecule has 0 aromatic heterocycles. The third kappa shape index (κ3) is 4.89. The first kappa shape index (κ1) is 21.1. The van der Waals surface area contributed by atoms with Gasteiger partial charge in [-0.05, 0) is 49.6 Å². The molecule has 1 aliphatic carbocycles. The molecule has 1 saturated carbocycles. The molecule has 3 N–H and O–H groups in total. The summed E-state index contributed by atoms with van der Waals surface area (Å²) in [5.41, 5.74) is 1.10. The molecule has 156 valence electrons. The largest absolute Gasteiger partial charge is 0.495 e. The molecule has 0 bridgehead atoms. The second-order valence-corrected chi connectivity index (χ2v) is 8.91. The van der Waals surface area contributed by atoms with E-state index in [0.717, 1.165) is 19.3 Å². The second-order valence-electron chi connectivity index (χ2n) is 7.25. The Bertz CT molecular complexity index is 990. The molecule has 2 aromatic rings. The van der Waals surface area contributed by atoms with Crippen LogP contribution in [0.5, 0.6) is 5.75 Å². The Kier molecular flexibility index (Phi) is 6.44. The van der Waals surface area contributed by atoms with Crippen molar-refractivity contribution in [3.05, 3.63) is 53.6 Å². The first-order valence-electron chi connectivity index (χ1n) is 9.54. The molecule has 7 nitrogen and oxygen atoms in total. The highest BCUT2D eigenvalue weighted by molar-refractivity contribution is 7.92. The molecule has 8 heteroatoms. The SMILES string of the molecule is COc1ccccc1NS(=O)(=O)c1cc(C(=O)NC[C@@H]2CCC[C@H]2O)ccc1C. The topological polar surface area (TPSA) is 105 Å². The Morgan fingerprint density at radius 2 is 1.97 bits per heavy atom. The van der Waals surface area contributed by atoms with Gasteiger partial charge in [0.2, 0.25) is 0 Å². The Balaban J connectivity index is 1.79. The summed E-state index contributed by atoms with van der Waals surface area (Å²) in [6.07, 6.45) is 2.18. The van der Waals surface area contributed by atoms with Crippen molar-refractivity contribution >= 4 is 21.6 Å². The number of carbonyl (C=O) groups excluding carboxylic acids is 1. The van der Waals surface area contributed by atoms with Crippen LogP contribution < -0.4 is 14.8 Å². The Hall–Kier alpha value is -2.58. The lowest BCUT2D eigenvalue weighted by molar-refractivity contribution is 0.0916. The van der Waals surface area contributed by atoms with Crippen LogP contribution >= 0.6 is 0 Å². The highest BCUT2D eigenvalue weighted by Gasteiger charge is 2.26. The molecule has 0 spiro atoms. The van der Waals surface area contributed by atoms with Crippen molar-refractivity contribution in [3.8, 4) is 5.75 Å². The van der Waals surface area contributed by atoms with Gasteiger partial charge in [-0.25, -0.2) is 8.42 Å². The standard InChI is InChI=1S/C21H26N2O5S/c1-14-10-11-15(21(25)22-13-16-6-5-8-18(16)24)12-20(14)29(26,27)23-17-7-3-4-9-19(17)28-2/h3-4,7,9-12,16,18,23-24H,5-6,8,13H2,1-2H3,(H,22,25)/t16-,18+/m0/s1. The molecule has 0 saturated heterocycles. The second kappa shape index (κ2) is 8.84. The molecule has 0 heterocycles. The highest BCUT2D eigenvalue weighted by Crippen LogP contribution is 2.28. The summed E-state index contributed by atoms with van der Waals surface area (Å²) in [5.74, 6) is 0.0791. The summed E-state index contributed by atoms with van der Waals surface area (Å²) in [7, 11) is -2.46. The third-order valence-corrected chi connectivity index (χ3v) is 6.74. The molecule has 1 amide bonds. The maximum Gasteiger partial charge on any atom is 0.262 e. The van der Waals surface area contributed by atoms with E-state index in [-0.39, 0.29) is 22.3 Å². The first-order chi connectivity index (χ1) is 13.8. The van der Waals surface area contributed by atoms with Crippen molar-refractivity contribution < 1.29 is 23.1 Å². The van der Waals surface area contributed by atoms with Gasteiger partial charge in [0.15, 0.2) is 0 Å². The van der Waals surface area contributed by atoms with E-state index in [1.807, 2.05) is 0 Å². The predicted octanol–water partition coefficient (Wildman–Crippen LogP) is 2.70. The molecule has 3 rings (SSSR count). The van der Waals surface area contributed by atoms with Crippen LogP contribution in [0.4, 0.5) is 5.69 Å². The van der Waals surface area contributed by atoms with E-state index >= 15 is 0 Å². The molecule has 0 radical (unpaired) electrons. The number of sulfonamides is 1. The Labute approximate surface area is 171 Å². The van der Waals surface area contributed by atoms with Crippen LogP contribution in [0.25, 0.3) is 0 Å². The van der Waals surface area contributed by atoms with Crippen LogP contribution in [0.15, 0.2) is 47.4 Å². The van der Waals surface area contributed by atoms with E-state index in [1.54, 1.807) is 43.3 Å². The van der Waals surface area contributed by atoms with Crippen LogP contribution in [-0.4, -0.2) is 39.2 Å². The van der Waals surface area contributed by atoms with Crippen LogP contribution in [0.3, 0.4) is 0 Å². The van der Waals surface area contributed by atoms with Gasteiger partial charge in [0.25, 0.3) is 15.9 Å². The van der Waals surface area contributed by atoms with E-state index in [2.05, 4.69) is 10.0 Å². The lowest BCUT2D eigenvalue weighted by atomic mass is 10.1. The number of aliphatic hydroxyl groups excluding tert-OH is 1. The van der Waals surface area contributed by atoms with E-state index in [0.29, 0.717) is 23.5 Å². The summed E-state index contributed by atoms with van der Waals surface area (Å²) in [6.45, 7) is 2.04.